The Kier molecular flexibility index (Phi) is 6.35. The molecule has 148 valence electrons. The van der Waals surface area contributed by atoms with E-state index in [4.69, 9.17) is 9.47 Å². The van der Waals surface area contributed by atoms with Crippen molar-refractivity contribution in [2.24, 2.45) is 0 Å². The quantitative estimate of drug-likeness (QED) is 0.563. The summed E-state index contributed by atoms with van der Waals surface area (Å²) in [4.78, 5) is 13.7. The van der Waals surface area contributed by atoms with Gasteiger partial charge < -0.3 is 14.3 Å². The monoisotopic (exact) mass is 387 g/mol. The average molecular weight is 387 g/mol. The first kappa shape index (κ1) is 19.4. The molecule has 0 N–H and O–H groups in total. The van der Waals surface area contributed by atoms with Crippen molar-refractivity contribution >= 4 is 6.29 Å². The highest BCUT2D eigenvalue weighted by Crippen LogP contribution is 2.28. The SMILES string of the molecule is O=CC1COC(c2cccc(OCc3ccccc3)c2)CN1Cc1ccccc1. The Labute approximate surface area is 171 Å². The number of morpholine rings is 1. The molecule has 0 saturated carbocycles. The van der Waals surface area contributed by atoms with Crippen LogP contribution in [0.4, 0.5) is 0 Å². The summed E-state index contributed by atoms with van der Waals surface area (Å²) in [5, 5.41) is 0. The minimum Gasteiger partial charge on any atom is -0.489 e. The Morgan fingerprint density at radius 1 is 0.931 bits per heavy atom. The van der Waals surface area contributed by atoms with Crippen LogP contribution in [0.1, 0.15) is 22.8 Å². The van der Waals surface area contributed by atoms with Crippen LogP contribution >= 0.6 is 0 Å². The van der Waals surface area contributed by atoms with Gasteiger partial charge in [0.1, 0.15) is 18.6 Å². The van der Waals surface area contributed by atoms with Crippen molar-refractivity contribution in [2.45, 2.75) is 25.3 Å². The number of benzene rings is 3. The molecule has 0 aliphatic carbocycles. The van der Waals surface area contributed by atoms with Crippen molar-refractivity contribution < 1.29 is 14.3 Å². The van der Waals surface area contributed by atoms with Gasteiger partial charge in [-0.15, -0.1) is 0 Å². The molecule has 4 nitrogen and oxygen atoms in total. The van der Waals surface area contributed by atoms with Crippen molar-refractivity contribution in [3.63, 3.8) is 0 Å². The summed E-state index contributed by atoms with van der Waals surface area (Å²) in [6.07, 6.45) is 0.897. The third-order valence-electron chi connectivity index (χ3n) is 5.20. The van der Waals surface area contributed by atoms with Crippen molar-refractivity contribution in [3.8, 4) is 5.75 Å². The molecule has 0 amide bonds. The molecule has 1 fully saturated rings. The zero-order valence-electron chi connectivity index (χ0n) is 16.3. The number of hydrogen-bond acceptors (Lipinski definition) is 4. The second kappa shape index (κ2) is 9.50. The zero-order valence-corrected chi connectivity index (χ0v) is 16.3. The highest BCUT2D eigenvalue weighted by Gasteiger charge is 2.29. The molecule has 3 aromatic rings. The van der Waals surface area contributed by atoms with Gasteiger partial charge in [0.25, 0.3) is 0 Å². The van der Waals surface area contributed by atoms with Gasteiger partial charge in [0, 0.05) is 13.1 Å². The number of carbonyl (C=O) groups excluding carboxylic acids is 1. The van der Waals surface area contributed by atoms with Crippen LogP contribution in [0, 0.1) is 0 Å². The molecular weight excluding hydrogens is 362 g/mol. The molecule has 2 unspecified atom stereocenters. The lowest BCUT2D eigenvalue weighted by molar-refractivity contribution is -0.124. The molecule has 1 heterocycles. The van der Waals surface area contributed by atoms with Gasteiger partial charge in [-0.3, -0.25) is 4.90 Å². The van der Waals surface area contributed by atoms with E-state index in [-0.39, 0.29) is 12.1 Å². The second-order valence-electron chi connectivity index (χ2n) is 7.29. The van der Waals surface area contributed by atoms with Crippen molar-refractivity contribution in [2.75, 3.05) is 13.2 Å². The molecule has 0 aromatic heterocycles. The molecule has 4 heteroatoms. The Bertz CT molecular complexity index is 914. The van der Waals surface area contributed by atoms with E-state index in [0.29, 0.717) is 19.8 Å². The van der Waals surface area contributed by atoms with Crippen LogP contribution in [0.2, 0.25) is 0 Å². The molecule has 29 heavy (non-hydrogen) atoms. The average Bonchev–Trinajstić information content (AvgIpc) is 2.79. The fourth-order valence-corrected chi connectivity index (χ4v) is 3.59. The van der Waals surface area contributed by atoms with Gasteiger partial charge >= 0.3 is 0 Å². The van der Waals surface area contributed by atoms with E-state index < -0.39 is 0 Å². The highest BCUT2D eigenvalue weighted by atomic mass is 16.5. The Morgan fingerprint density at radius 2 is 1.66 bits per heavy atom. The predicted molar refractivity (Wildman–Crippen MR) is 113 cm³/mol. The summed E-state index contributed by atoms with van der Waals surface area (Å²) in [5.74, 6) is 0.821. The molecule has 2 atom stereocenters. The molecule has 4 rings (SSSR count). The van der Waals surface area contributed by atoms with Gasteiger partial charge in [-0.1, -0.05) is 72.8 Å². The van der Waals surface area contributed by atoms with Gasteiger partial charge in [0.15, 0.2) is 0 Å². The lowest BCUT2D eigenvalue weighted by Crippen LogP contribution is -2.47. The van der Waals surface area contributed by atoms with E-state index in [0.717, 1.165) is 29.7 Å². The van der Waals surface area contributed by atoms with Gasteiger partial charge in [0.2, 0.25) is 0 Å². The van der Waals surface area contributed by atoms with E-state index in [1.807, 2.05) is 54.6 Å². The maximum Gasteiger partial charge on any atom is 0.139 e. The molecule has 0 bridgehead atoms. The van der Waals surface area contributed by atoms with Crippen molar-refractivity contribution in [1.29, 1.82) is 0 Å². The summed E-state index contributed by atoms with van der Waals surface area (Å²) in [6.45, 7) is 2.33. The molecule has 1 saturated heterocycles. The number of nitrogens with zero attached hydrogens (tertiary/aromatic N) is 1. The molecule has 1 aliphatic heterocycles. The number of aldehydes is 1. The van der Waals surface area contributed by atoms with Crippen LogP contribution in [0.25, 0.3) is 0 Å². The van der Waals surface area contributed by atoms with E-state index in [1.54, 1.807) is 0 Å². The number of hydrogen-bond donors (Lipinski definition) is 0. The molecule has 1 aliphatic rings. The Hall–Kier alpha value is -2.95. The van der Waals surface area contributed by atoms with Crippen LogP contribution in [-0.2, 0) is 22.7 Å². The maximum atomic E-state index is 11.5. The Morgan fingerprint density at radius 3 is 2.38 bits per heavy atom. The molecule has 3 aromatic carbocycles. The van der Waals surface area contributed by atoms with Gasteiger partial charge in [-0.2, -0.15) is 0 Å². The van der Waals surface area contributed by atoms with E-state index >= 15 is 0 Å². The largest absolute Gasteiger partial charge is 0.489 e. The highest BCUT2D eigenvalue weighted by molar-refractivity contribution is 5.58. The van der Waals surface area contributed by atoms with Crippen LogP contribution in [-0.4, -0.2) is 30.4 Å². The van der Waals surface area contributed by atoms with E-state index in [2.05, 4.69) is 35.2 Å². The van der Waals surface area contributed by atoms with E-state index in [1.165, 1.54) is 5.56 Å². The van der Waals surface area contributed by atoms with Crippen LogP contribution in [0.5, 0.6) is 5.75 Å². The summed E-state index contributed by atoms with van der Waals surface area (Å²) >= 11 is 0. The van der Waals surface area contributed by atoms with Crippen molar-refractivity contribution in [1.82, 2.24) is 4.90 Å². The number of rotatable bonds is 7. The maximum absolute atomic E-state index is 11.5. The van der Waals surface area contributed by atoms with Crippen LogP contribution in [0.3, 0.4) is 0 Å². The summed E-state index contributed by atoms with van der Waals surface area (Å²) < 4.78 is 12.0. The standard InChI is InChI=1S/C25H25NO3/c27-17-23-19-29-25(16-26(23)15-20-8-3-1-4-9-20)22-12-7-13-24(14-22)28-18-21-10-5-2-6-11-21/h1-14,17,23,25H,15-16,18-19H2. The third kappa shape index (κ3) is 5.11. The number of carbonyl (C=O) groups is 1. The predicted octanol–water partition coefficient (Wildman–Crippen LogP) is 4.41. The summed E-state index contributed by atoms with van der Waals surface area (Å²) in [6, 6.07) is 28.2. The third-order valence-corrected chi connectivity index (χ3v) is 5.20. The molecule has 0 spiro atoms. The molecular formula is C25H25NO3. The van der Waals surface area contributed by atoms with E-state index in [9.17, 15) is 4.79 Å². The summed E-state index contributed by atoms with van der Waals surface area (Å²) in [5.41, 5.74) is 3.40. The first-order chi connectivity index (χ1) is 14.3. The fraction of sp³-hybridized carbons (Fsp3) is 0.240. The minimum absolute atomic E-state index is 0.0878. The van der Waals surface area contributed by atoms with Gasteiger partial charge in [-0.25, -0.2) is 0 Å². The zero-order chi connectivity index (χ0) is 19.9. The summed E-state index contributed by atoms with van der Waals surface area (Å²) in [7, 11) is 0. The Balaban J connectivity index is 1.44. The first-order valence-corrected chi connectivity index (χ1v) is 9.93. The van der Waals surface area contributed by atoms with Crippen molar-refractivity contribution in [3.05, 3.63) is 102 Å². The minimum atomic E-state index is -0.219. The van der Waals surface area contributed by atoms with Crippen LogP contribution < -0.4 is 4.74 Å². The van der Waals surface area contributed by atoms with Gasteiger partial charge in [-0.05, 0) is 28.8 Å². The van der Waals surface area contributed by atoms with Crippen LogP contribution in [0.15, 0.2) is 84.9 Å². The first-order valence-electron chi connectivity index (χ1n) is 9.93. The lowest BCUT2D eigenvalue weighted by atomic mass is 10.0. The fourth-order valence-electron chi connectivity index (χ4n) is 3.59. The normalized spacial score (nSPS) is 19.6. The van der Waals surface area contributed by atoms with Gasteiger partial charge in [0.05, 0.1) is 18.8 Å². The topological polar surface area (TPSA) is 38.8 Å². The lowest BCUT2D eigenvalue weighted by Gasteiger charge is -2.37. The second-order valence-corrected chi connectivity index (χ2v) is 7.29. The molecule has 0 radical (unpaired) electrons. The number of ether oxygens (including phenoxy) is 2. The smallest absolute Gasteiger partial charge is 0.139 e.